The zero-order valence-electron chi connectivity index (χ0n) is 11.2. The summed E-state index contributed by atoms with van der Waals surface area (Å²) in [6, 6.07) is 4.93. The topological polar surface area (TPSA) is 93.5 Å². The fourth-order valence-corrected chi connectivity index (χ4v) is 2.18. The lowest BCUT2D eigenvalue weighted by atomic mass is 10.1. The Bertz CT molecular complexity index is 508. The molecular formula is C13H17N3O4. The van der Waals surface area contributed by atoms with Gasteiger partial charge < -0.3 is 15.4 Å². The number of ether oxygens (including phenoxy) is 1. The summed E-state index contributed by atoms with van der Waals surface area (Å²) in [5.41, 5.74) is 0.355. The zero-order chi connectivity index (χ0) is 14.5. The first-order valence-corrected chi connectivity index (χ1v) is 6.55. The normalized spacial score (nSPS) is 18.2. The first-order chi connectivity index (χ1) is 9.61. The summed E-state index contributed by atoms with van der Waals surface area (Å²) >= 11 is 0. The van der Waals surface area contributed by atoms with Gasteiger partial charge in [-0.1, -0.05) is 6.07 Å². The van der Waals surface area contributed by atoms with Gasteiger partial charge in [0.1, 0.15) is 5.69 Å². The van der Waals surface area contributed by atoms with E-state index >= 15 is 0 Å². The lowest BCUT2D eigenvalue weighted by Crippen LogP contribution is -2.41. The lowest BCUT2D eigenvalue weighted by Gasteiger charge is -2.24. The maximum atomic E-state index is 11.2. The maximum absolute atomic E-state index is 11.2. The van der Waals surface area contributed by atoms with Gasteiger partial charge in [-0.25, -0.2) is 0 Å². The molecule has 2 rings (SSSR count). The van der Waals surface area contributed by atoms with Crippen molar-refractivity contribution in [2.45, 2.75) is 25.8 Å². The van der Waals surface area contributed by atoms with E-state index in [-0.39, 0.29) is 23.4 Å². The van der Waals surface area contributed by atoms with Crippen LogP contribution in [0.3, 0.4) is 0 Å². The fraction of sp³-hybridized carbons (Fsp3) is 0.462. The lowest BCUT2D eigenvalue weighted by molar-refractivity contribution is -0.385. The number of hydrogen-bond donors (Lipinski definition) is 2. The highest BCUT2D eigenvalue weighted by Crippen LogP contribution is 2.35. The summed E-state index contributed by atoms with van der Waals surface area (Å²) in [6.07, 6.45) is 1.08. The van der Waals surface area contributed by atoms with E-state index in [9.17, 15) is 14.9 Å². The van der Waals surface area contributed by atoms with Crippen molar-refractivity contribution in [3.8, 4) is 5.75 Å². The summed E-state index contributed by atoms with van der Waals surface area (Å²) in [5.74, 6) is 0.267. The second-order valence-corrected chi connectivity index (χ2v) is 4.53. The minimum Gasteiger partial charge on any atom is -0.487 e. The van der Waals surface area contributed by atoms with Crippen LogP contribution in [0.2, 0.25) is 0 Å². The molecule has 7 nitrogen and oxygen atoms in total. The molecule has 7 heteroatoms. The quantitative estimate of drug-likeness (QED) is 0.632. The smallest absolute Gasteiger partial charge is 0.333 e. The van der Waals surface area contributed by atoms with E-state index in [1.807, 2.05) is 0 Å². The van der Waals surface area contributed by atoms with E-state index in [0.717, 1.165) is 0 Å². The molecule has 1 heterocycles. The molecule has 1 amide bonds. The number of para-hydroxylation sites is 1. The predicted molar refractivity (Wildman–Crippen MR) is 73.9 cm³/mol. The average molecular weight is 279 g/mol. The first-order valence-electron chi connectivity index (χ1n) is 6.55. The molecule has 0 aromatic heterocycles. The van der Waals surface area contributed by atoms with Crippen LogP contribution in [0.5, 0.6) is 5.75 Å². The number of nitro groups is 1. The van der Waals surface area contributed by atoms with Gasteiger partial charge in [-0.05, 0) is 25.5 Å². The SMILES string of the molecule is CCOc1cccc(NC2CCC(=O)NC2)c1[N+](=O)[O-]. The number of amides is 1. The molecule has 1 unspecified atom stereocenters. The van der Waals surface area contributed by atoms with Crippen LogP contribution in [-0.2, 0) is 4.79 Å². The van der Waals surface area contributed by atoms with Crippen LogP contribution in [0.1, 0.15) is 19.8 Å². The van der Waals surface area contributed by atoms with E-state index < -0.39 is 4.92 Å². The molecule has 1 saturated heterocycles. The van der Waals surface area contributed by atoms with Gasteiger partial charge >= 0.3 is 5.69 Å². The second kappa shape index (κ2) is 6.23. The Labute approximate surface area is 116 Å². The monoisotopic (exact) mass is 279 g/mol. The van der Waals surface area contributed by atoms with Gasteiger partial charge in [0.05, 0.1) is 11.5 Å². The Hall–Kier alpha value is -2.31. The molecule has 0 spiro atoms. The van der Waals surface area contributed by atoms with Gasteiger partial charge in [-0.2, -0.15) is 0 Å². The second-order valence-electron chi connectivity index (χ2n) is 4.53. The van der Waals surface area contributed by atoms with Crippen molar-refractivity contribution < 1.29 is 14.5 Å². The number of benzene rings is 1. The summed E-state index contributed by atoms with van der Waals surface area (Å²) in [6.45, 7) is 2.61. The molecule has 1 aliphatic rings. The highest BCUT2D eigenvalue weighted by Gasteiger charge is 2.24. The van der Waals surface area contributed by atoms with Gasteiger partial charge in [-0.15, -0.1) is 0 Å². The van der Waals surface area contributed by atoms with Crippen molar-refractivity contribution in [2.75, 3.05) is 18.5 Å². The third-order valence-electron chi connectivity index (χ3n) is 3.11. The minimum atomic E-state index is -0.450. The molecule has 1 aromatic carbocycles. The average Bonchev–Trinajstić information content (AvgIpc) is 2.41. The van der Waals surface area contributed by atoms with Crippen LogP contribution in [-0.4, -0.2) is 30.0 Å². The summed E-state index contributed by atoms with van der Waals surface area (Å²) < 4.78 is 5.29. The van der Waals surface area contributed by atoms with Gasteiger partial charge in [0, 0.05) is 19.0 Å². The van der Waals surface area contributed by atoms with Crippen LogP contribution in [0.25, 0.3) is 0 Å². The van der Waals surface area contributed by atoms with E-state index in [1.54, 1.807) is 25.1 Å². The van der Waals surface area contributed by atoms with Crippen LogP contribution in [0, 0.1) is 10.1 Å². The van der Waals surface area contributed by atoms with Crippen LogP contribution in [0.4, 0.5) is 11.4 Å². The van der Waals surface area contributed by atoms with Crippen molar-refractivity contribution in [1.29, 1.82) is 0 Å². The molecule has 20 heavy (non-hydrogen) atoms. The van der Waals surface area contributed by atoms with Crippen LogP contribution in [0.15, 0.2) is 18.2 Å². The number of piperidine rings is 1. The molecule has 1 aromatic rings. The first kappa shape index (κ1) is 14.1. The molecular weight excluding hydrogens is 262 g/mol. The van der Waals surface area contributed by atoms with Gasteiger partial charge in [-0.3, -0.25) is 14.9 Å². The summed E-state index contributed by atoms with van der Waals surface area (Å²) in [7, 11) is 0. The molecule has 0 aliphatic carbocycles. The fourth-order valence-electron chi connectivity index (χ4n) is 2.18. The molecule has 0 bridgehead atoms. The van der Waals surface area contributed by atoms with Crippen molar-refractivity contribution in [1.82, 2.24) is 5.32 Å². The van der Waals surface area contributed by atoms with Crippen molar-refractivity contribution in [3.63, 3.8) is 0 Å². The van der Waals surface area contributed by atoms with E-state index in [0.29, 0.717) is 31.7 Å². The highest BCUT2D eigenvalue weighted by molar-refractivity contribution is 5.77. The summed E-state index contributed by atoms with van der Waals surface area (Å²) in [4.78, 5) is 21.9. The number of hydrogen-bond acceptors (Lipinski definition) is 5. The Morgan fingerprint density at radius 3 is 2.95 bits per heavy atom. The molecule has 0 saturated carbocycles. The Balaban J connectivity index is 2.20. The van der Waals surface area contributed by atoms with Crippen LogP contribution < -0.4 is 15.4 Å². The number of nitro benzene ring substituents is 1. The molecule has 1 atom stereocenters. The minimum absolute atomic E-state index is 0.0109. The molecule has 1 aliphatic heterocycles. The highest BCUT2D eigenvalue weighted by atomic mass is 16.6. The number of carbonyl (C=O) groups excluding carboxylic acids is 1. The third-order valence-corrected chi connectivity index (χ3v) is 3.11. The van der Waals surface area contributed by atoms with Crippen molar-refractivity contribution >= 4 is 17.3 Å². The van der Waals surface area contributed by atoms with Crippen molar-refractivity contribution in [2.24, 2.45) is 0 Å². The number of anilines is 1. The van der Waals surface area contributed by atoms with E-state index in [2.05, 4.69) is 10.6 Å². The third kappa shape index (κ3) is 3.17. The number of carbonyl (C=O) groups is 1. The van der Waals surface area contributed by atoms with Crippen molar-refractivity contribution in [3.05, 3.63) is 28.3 Å². The summed E-state index contributed by atoms with van der Waals surface area (Å²) in [5, 5.41) is 17.1. The largest absolute Gasteiger partial charge is 0.487 e. The van der Waals surface area contributed by atoms with E-state index in [1.165, 1.54) is 0 Å². The van der Waals surface area contributed by atoms with Crippen LogP contribution >= 0.6 is 0 Å². The zero-order valence-corrected chi connectivity index (χ0v) is 11.2. The molecule has 0 radical (unpaired) electrons. The molecule has 2 N–H and O–H groups in total. The number of nitrogens with one attached hydrogen (secondary N) is 2. The van der Waals surface area contributed by atoms with Gasteiger partial charge in [0.2, 0.25) is 5.91 Å². The van der Waals surface area contributed by atoms with E-state index in [4.69, 9.17) is 4.74 Å². The molecule has 1 fully saturated rings. The Morgan fingerprint density at radius 1 is 1.55 bits per heavy atom. The van der Waals surface area contributed by atoms with Gasteiger partial charge in [0.25, 0.3) is 0 Å². The molecule has 108 valence electrons. The Kier molecular flexibility index (Phi) is 4.39. The predicted octanol–water partition coefficient (Wildman–Crippen LogP) is 1.68. The standard InChI is InChI=1S/C13H17N3O4/c1-2-20-11-5-3-4-10(13(11)16(18)19)15-9-6-7-12(17)14-8-9/h3-5,9,15H,2,6-8H2,1H3,(H,14,17). The Morgan fingerprint density at radius 2 is 2.35 bits per heavy atom. The van der Waals surface area contributed by atoms with Gasteiger partial charge in [0.15, 0.2) is 5.75 Å². The number of nitrogens with zero attached hydrogens (tertiary/aromatic N) is 1. The maximum Gasteiger partial charge on any atom is 0.333 e. The number of rotatable bonds is 5.